The summed E-state index contributed by atoms with van der Waals surface area (Å²) >= 11 is 3.32. The third-order valence-corrected chi connectivity index (χ3v) is 2.90. The maximum atomic E-state index is 11.8. The average molecular weight is 302 g/mol. The predicted molar refractivity (Wildman–Crippen MR) is 68.9 cm³/mol. The van der Waals surface area contributed by atoms with Crippen LogP contribution in [-0.4, -0.2) is 34.9 Å². The minimum atomic E-state index is -1.29. The Bertz CT molecular complexity index is 418. The smallest absolute Gasteiger partial charge is 0.251 e. The molecule has 0 aliphatic carbocycles. The summed E-state index contributed by atoms with van der Waals surface area (Å²) in [5.41, 5.74) is 0.112. The molecule has 1 unspecified atom stereocenters. The molecule has 1 aromatic rings. The molecule has 1 atom stereocenters. The molecule has 5 heteroatoms. The molecule has 94 valence electrons. The molecule has 0 spiro atoms. The molecule has 0 saturated carbocycles. The monoisotopic (exact) mass is 301 g/mol. The number of hydrogen-bond acceptors (Lipinski definition) is 3. The van der Waals surface area contributed by atoms with Gasteiger partial charge in [-0.1, -0.05) is 15.9 Å². The number of aryl methyl sites for hydroxylation is 1. The first-order valence-corrected chi connectivity index (χ1v) is 6.02. The first-order valence-electron chi connectivity index (χ1n) is 5.23. The van der Waals surface area contributed by atoms with Crippen LogP contribution in [0.5, 0.6) is 0 Å². The van der Waals surface area contributed by atoms with Crippen LogP contribution in [0.2, 0.25) is 0 Å². The number of carbonyl (C=O) groups is 1. The lowest BCUT2D eigenvalue weighted by atomic mass is 10.1. The van der Waals surface area contributed by atoms with Crippen molar-refractivity contribution in [3.05, 3.63) is 33.8 Å². The second kappa shape index (κ2) is 5.62. The van der Waals surface area contributed by atoms with Crippen molar-refractivity contribution in [3.63, 3.8) is 0 Å². The molecule has 1 rings (SSSR count). The van der Waals surface area contributed by atoms with Gasteiger partial charge in [-0.15, -0.1) is 0 Å². The molecule has 0 fully saturated rings. The SMILES string of the molecule is Cc1cc(Br)ccc1C(=O)NCC(C)(O)CO. The summed E-state index contributed by atoms with van der Waals surface area (Å²) < 4.78 is 0.911. The Morgan fingerprint density at radius 2 is 2.18 bits per heavy atom. The summed E-state index contributed by atoms with van der Waals surface area (Å²) in [6, 6.07) is 5.34. The van der Waals surface area contributed by atoms with E-state index in [0.29, 0.717) is 5.56 Å². The lowest BCUT2D eigenvalue weighted by Crippen LogP contribution is -2.43. The number of halogens is 1. The number of hydrogen-bond donors (Lipinski definition) is 3. The highest BCUT2D eigenvalue weighted by atomic mass is 79.9. The number of amides is 1. The Labute approximate surface area is 109 Å². The first kappa shape index (κ1) is 14.2. The summed E-state index contributed by atoms with van der Waals surface area (Å²) in [4.78, 5) is 11.8. The zero-order valence-corrected chi connectivity index (χ0v) is 11.4. The van der Waals surface area contributed by atoms with Crippen molar-refractivity contribution in [2.24, 2.45) is 0 Å². The second-order valence-corrected chi connectivity index (χ2v) is 5.21. The third-order valence-electron chi connectivity index (χ3n) is 2.40. The van der Waals surface area contributed by atoms with Crippen molar-refractivity contribution in [1.29, 1.82) is 0 Å². The van der Waals surface area contributed by atoms with Gasteiger partial charge in [0.1, 0.15) is 5.60 Å². The molecule has 3 N–H and O–H groups in total. The number of carbonyl (C=O) groups excluding carboxylic acids is 1. The molecular weight excluding hydrogens is 286 g/mol. The number of benzene rings is 1. The van der Waals surface area contributed by atoms with Gasteiger partial charge in [0.05, 0.1) is 6.61 Å². The Balaban J connectivity index is 2.71. The molecule has 0 aromatic heterocycles. The number of nitrogens with one attached hydrogen (secondary N) is 1. The minimum Gasteiger partial charge on any atom is -0.393 e. The maximum absolute atomic E-state index is 11.8. The zero-order valence-electron chi connectivity index (χ0n) is 9.83. The molecular formula is C12H16BrNO3. The van der Waals surface area contributed by atoms with E-state index in [-0.39, 0.29) is 12.5 Å². The Morgan fingerprint density at radius 3 is 2.71 bits per heavy atom. The fourth-order valence-electron chi connectivity index (χ4n) is 1.30. The van der Waals surface area contributed by atoms with Gasteiger partial charge in [0.25, 0.3) is 5.91 Å². The van der Waals surface area contributed by atoms with E-state index >= 15 is 0 Å². The third kappa shape index (κ3) is 4.11. The van der Waals surface area contributed by atoms with Gasteiger partial charge >= 0.3 is 0 Å². The average Bonchev–Trinajstić information content (AvgIpc) is 2.26. The van der Waals surface area contributed by atoms with E-state index in [1.165, 1.54) is 6.92 Å². The highest BCUT2D eigenvalue weighted by Crippen LogP contribution is 2.15. The molecule has 0 saturated heterocycles. The summed E-state index contributed by atoms with van der Waals surface area (Å²) in [7, 11) is 0. The molecule has 0 heterocycles. The van der Waals surface area contributed by atoms with Crippen molar-refractivity contribution >= 4 is 21.8 Å². The van der Waals surface area contributed by atoms with Crippen LogP contribution in [0.3, 0.4) is 0 Å². The Kier molecular flexibility index (Phi) is 4.68. The van der Waals surface area contributed by atoms with Gasteiger partial charge in [0.15, 0.2) is 0 Å². The van der Waals surface area contributed by atoms with E-state index in [4.69, 9.17) is 5.11 Å². The van der Waals surface area contributed by atoms with Crippen LogP contribution in [0.4, 0.5) is 0 Å². The molecule has 1 aromatic carbocycles. The van der Waals surface area contributed by atoms with Crippen LogP contribution in [0.15, 0.2) is 22.7 Å². The lowest BCUT2D eigenvalue weighted by Gasteiger charge is -2.20. The topological polar surface area (TPSA) is 69.6 Å². The van der Waals surface area contributed by atoms with Crippen LogP contribution < -0.4 is 5.32 Å². The molecule has 0 bridgehead atoms. The Hall–Kier alpha value is -0.910. The molecule has 0 aliphatic heterocycles. The second-order valence-electron chi connectivity index (χ2n) is 4.30. The van der Waals surface area contributed by atoms with Gasteiger partial charge in [-0.05, 0) is 37.6 Å². The van der Waals surface area contributed by atoms with Crippen molar-refractivity contribution < 1.29 is 15.0 Å². The maximum Gasteiger partial charge on any atom is 0.251 e. The number of aliphatic hydroxyl groups excluding tert-OH is 1. The van der Waals surface area contributed by atoms with Gasteiger partial charge in [0.2, 0.25) is 0 Å². The molecule has 0 aliphatic rings. The molecule has 1 amide bonds. The van der Waals surface area contributed by atoms with E-state index in [0.717, 1.165) is 10.0 Å². The van der Waals surface area contributed by atoms with E-state index in [1.54, 1.807) is 12.1 Å². The lowest BCUT2D eigenvalue weighted by molar-refractivity contribution is 0.00319. The molecule has 17 heavy (non-hydrogen) atoms. The zero-order chi connectivity index (χ0) is 13.1. The van der Waals surface area contributed by atoms with Crippen molar-refractivity contribution in [1.82, 2.24) is 5.32 Å². The van der Waals surface area contributed by atoms with Gasteiger partial charge in [-0.3, -0.25) is 4.79 Å². The Morgan fingerprint density at radius 1 is 1.53 bits per heavy atom. The summed E-state index contributed by atoms with van der Waals surface area (Å²) in [5.74, 6) is -0.260. The van der Waals surface area contributed by atoms with Crippen LogP contribution >= 0.6 is 15.9 Å². The van der Waals surface area contributed by atoms with Crippen molar-refractivity contribution in [2.45, 2.75) is 19.4 Å². The predicted octanol–water partition coefficient (Wildman–Crippen LogP) is 1.23. The van der Waals surface area contributed by atoms with E-state index < -0.39 is 12.2 Å². The van der Waals surface area contributed by atoms with Gasteiger partial charge in [-0.2, -0.15) is 0 Å². The molecule has 0 radical (unpaired) electrons. The minimum absolute atomic E-state index is 0.0117. The van der Waals surface area contributed by atoms with E-state index in [2.05, 4.69) is 21.2 Å². The summed E-state index contributed by atoms with van der Waals surface area (Å²) in [6.45, 7) is 2.91. The normalized spacial score (nSPS) is 14.2. The van der Waals surface area contributed by atoms with Gasteiger partial charge in [-0.25, -0.2) is 0 Å². The van der Waals surface area contributed by atoms with Crippen molar-refractivity contribution in [3.8, 4) is 0 Å². The van der Waals surface area contributed by atoms with E-state index in [9.17, 15) is 9.90 Å². The summed E-state index contributed by atoms with van der Waals surface area (Å²) in [5, 5.41) is 21.0. The van der Waals surface area contributed by atoms with Gasteiger partial charge < -0.3 is 15.5 Å². The van der Waals surface area contributed by atoms with Crippen LogP contribution in [-0.2, 0) is 0 Å². The van der Waals surface area contributed by atoms with E-state index in [1.807, 2.05) is 13.0 Å². The standard InChI is InChI=1S/C12H16BrNO3/c1-8-5-9(13)3-4-10(8)11(16)14-6-12(2,17)7-15/h3-5,15,17H,6-7H2,1-2H3,(H,14,16). The van der Waals surface area contributed by atoms with Crippen molar-refractivity contribution in [2.75, 3.05) is 13.2 Å². The fourth-order valence-corrected chi connectivity index (χ4v) is 1.78. The summed E-state index contributed by atoms with van der Waals surface area (Å²) in [6.07, 6.45) is 0. The van der Waals surface area contributed by atoms with Crippen LogP contribution in [0.1, 0.15) is 22.8 Å². The largest absolute Gasteiger partial charge is 0.393 e. The highest BCUT2D eigenvalue weighted by molar-refractivity contribution is 9.10. The first-order chi connectivity index (χ1) is 7.85. The number of rotatable bonds is 4. The van der Waals surface area contributed by atoms with Crippen LogP contribution in [0.25, 0.3) is 0 Å². The van der Waals surface area contributed by atoms with Gasteiger partial charge in [0, 0.05) is 16.6 Å². The highest BCUT2D eigenvalue weighted by Gasteiger charge is 2.20. The van der Waals surface area contributed by atoms with Crippen LogP contribution in [0, 0.1) is 6.92 Å². The number of aliphatic hydroxyl groups is 2. The quantitative estimate of drug-likeness (QED) is 0.783. The fraction of sp³-hybridized carbons (Fsp3) is 0.417. The molecule has 4 nitrogen and oxygen atoms in total.